The van der Waals surface area contributed by atoms with E-state index in [-0.39, 0.29) is 35.0 Å². The van der Waals surface area contributed by atoms with Crippen molar-refractivity contribution in [2.45, 2.75) is 43.2 Å². The van der Waals surface area contributed by atoms with Crippen molar-refractivity contribution >= 4 is 5.78 Å². The van der Waals surface area contributed by atoms with E-state index >= 15 is 0 Å². The molecule has 7 N–H and O–H groups in total. The van der Waals surface area contributed by atoms with Gasteiger partial charge in [0.15, 0.2) is 17.3 Å². The Morgan fingerprint density at radius 1 is 0.938 bits per heavy atom. The molecule has 32 heavy (non-hydrogen) atoms. The van der Waals surface area contributed by atoms with E-state index in [1.165, 1.54) is 24.3 Å². The van der Waals surface area contributed by atoms with E-state index in [1.807, 2.05) is 0 Å². The minimum absolute atomic E-state index is 0.0293. The van der Waals surface area contributed by atoms with Gasteiger partial charge in [0, 0.05) is 12.1 Å². The molecule has 1 unspecified atom stereocenters. The maximum absolute atomic E-state index is 12.6. The highest BCUT2D eigenvalue weighted by Gasteiger charge is 2.45. The average molecular weight is 450 g/mol. The van der Waals surface area contributed by atoms with E-state index in [0.717, 1.165) is 6.07 Å². The summed E-state index contributed by atoms with van der Waals surface area (Å²) in [6.07, 6.45) is -8.50. The zero-order valence-electron chi connectivity index (χ0n) is 16.5. The Balaban J connectivity index is 1.60. The Kier molecular flexibility index (Phi) is 5.84. The normalized spacial score (nSPS) is 29.8. The lowest BCUT2D eigenvalue weighted by Gasteiger charge is -2.39. The van der Waals surface area contributed by atoms with Gasteiger partial charge in [-0.25, -0.2) is 0 Å². The van der Waals surface area contributed by atoms with Crippen LogP contribution in [0.5, 0.6) is 28.7 Å². The fourth-order valence-electron chi connectivity index (χ4n) is 3.71. The molecule has 0 aliphatic carbocycles. The second-order valence-corrected chi connectivity index (χ2v) is 7.61. The lowest BCUT2D eigenvalue weighted by atomic mass is 9.95. The third kappa shape index (κ3) is 3.92. The first-order valence-electron chi connectivity index (χ1n) is 9.75. The van der Waals surface area contributed by atoms with Gasteiger partial charge in [-0.05, 0) is 17.7 Å². The van der Waals surface area contributed by atoms with Crippen molar-refractivity contribution in [3.8, 4) is 28.7 Å². The summed E-state index contributed by atoms with van der Waals surface area (Å²) in [5, 5.41) is 68.8. The van der Waals surface area contributed by atoms with Gasteiger partial charge in [-0.3, -0.25) is 4.79 Å². The Hall–Kier alpha value is -3.09. The number of hydrogen-bond acceptors (Lipinski definition) is 11. The SMILES string of the molecule is O=C1CC(c2ccc(O)c(O)c2)Oc2cc(O[C@@H]3O[C@H](CO)[C@@H](O)[C@@H](O)[C@H]3O)cc(O)c21. The van der Waals surface area contributed by atoms with Crippen LogP contribution in [0.3, 0.4) is 0 Å². The molecule has 4 rings (SSSR count). The number of carbonyl (C=O) groups is 1. The van der Waals surface area contributed by atoms with E-state index in [0.29, 0.717) is 5.56 Å². The molecule has 2 heterocycles. The summed E-state index contributed by atoms with van der Waals surface area (Å²) in [5.41, 5.74) is 0.337. The fourth-order valence-corrected chi connectivity index (χ4v) is 3.71. The molecular formula is C21H22O11. The largest absolute Gasteiger partial charge is 0.507 e. The van der Waals surface area contributed by atoms with Gasteiger partial charge in [0.05, 0.1) is 13.0 Å². The maximum Gasteiger partial charge on any atom is 0.229 e. The number of phenolic OH excluding ortho intramolecular Hbond substituents is 3. The number of ketones is 1. The van der Waals surface area contributed by atoms with Gasteiger partial charge in [0.25, 0.3) is 0 Å². The molecule has 0 saturated carbocycles. The Morgan fingerprint density at radius 3 is 2.38 bits per heavy atom. The van der Waals surface area contributed by atoms with Crippen molar-refractivity contribution in [2.24, 2.45) is 0 Å². The number of phenols is 3. The van der Waals surface area contributed by atoms with Gasteiger partial charge in [0.1, 0.15) is 53.3 Å². The first-order chi connectivity index (χ1) is 15.2. The molecule has 0 radical (unpaired) electrons. The topological polar surface area (TPSA) is 186 Å². The van der Waals surface area contributed by atoms with Crippen molar-refractivity contribution in [3.63, 3.8) is 0 Å². The second-order valence-electron chi connectivity index (χ2n) is 7.61. The zero-order valence-corrected chi connectivity index (χ0v) is 16.5. The standard InChI is InChI=1S/C21H22O11/c22-7-16-18(27)19(28)20(29)21(32-16)30-9-4-12(25)17-13(26)6-14(31-15(17)5-9)8-1-2-10(23)11(24)3-8/h1-5,14,16,18-25,27-29H,6-7H2/t14?,16-,18-,19-,20-,21-/m1/s1. The van der Waals surface area contributed by atoms with Crippen molar-refractivity contribution in [3.05, 3.63) is 41.5 Å². The first-order valence-corrected chi connectivity index (χ1v) is 9.75. The number of hydrogen-bond donors (Lipinski definition) is 7. The van der Waals surface area contributed by atoms with Crippen LogP contribution in [0.1, 0.15) is 28.4 Å². The van der Waals surface area contributed by atoms with Gasteiger partial charge in [-0.1, -0.05) is 6.07 Å². The highest BCUT2D eigenvalue weighted by Crippen LogP contribution is 2.43. The van der Waals surface area contributed by atoms with E-state index in [4.69, 9.17) is 14.2 Å². The summed E-state index contributed by atoms with van der Waals surface area (Å²) < 4.78 is 16.6. The summed E-state index contributed by atoms with van der Waals surface area (Å²) in [6.45, 7) is -0.640. The van der Waals surface area contributed by atoms with Crippen LogP contribution in [0.15, 0.2) is 30.3 Å². The van der Waals surface area contributed by atoms with Gasteiger partial charge in [0.2, 0.25) is 6.29 Å². The predicted octanol–water partition coefficient (Wildman–Crippen LogP) is -0.311. The highest BCUT2D eigenvalue weighted by molar-refractivity contribution is 6.02. The number of aliphatic hydroxyl groups excluding tert-OH is 4. The van der Waals surface area contributed by atoms with Crippen molar-refractivity contribution in [1.82, 2.24) is 0 Å². The molecule has 1 saturated heterocycles. The number of benzene rings is 2. The number of carbonyl (C=O) groups excluding carboxylic acids is 1. The van der Waals surface area contributed by atoms with Crippen LogP contribution in [0.25, 0.3) is 0 Å². The molecular weight excluding hydrogens is 428 g/mol. The number of rotatable bonds is 4. The summed E-state index contributed by atoms with van der Waals surface area (Å²) >= 11 is 0. The molecule has 2 aromatic carbocycles. The summed E-state index contributed by atoms with van der Waals surface area (Å²) in [6, 6.07) is 6.37. The third-order valence-corrected chi connectivity index (χ3v) is 5.45. The number of Topliss-reactive ketones (excluding diaryl/α,β-unsaturated/α-hetero) is 1. The van der Waals surface area contributed by atoms with E-state index in [1.54, 1.807) is 0 Å². The van der Waals surface area contributed by atoms with Crippen molar-refractivity contribution < 1.29 is 54.8 Å². The lowest BCUT2D eigenvalue weighted by molar-refractivity contribution is -0.277. The summed E-state index contributed by atoms with van der Waals surface area (Å²) in [5.74, 6) is -1.69. The molecule has 0 bridgehead atoms. The summed E-state index contributed by atoms with van der Waals surface area (Å²) in [7, 11) is 0. The number of fused-ring (bicyclic) bond motifs is 1. The molecule has 0 amide bonds. The van der Waals surface area contributed by atoms with Crippen molar-refractivity contribution in [2.75, 3.05) is 6.61 Å². The van der Waals surface area contributed by atoms with Crippen molar-refractivity contribution in [1.29, 1.82) is 0 Å². The fraction of sp³-hybridized carbons (Fsp3) is 0.381. The molecule has 172 valence electrons. The van der Waals surface area contributed by atoms with Crippen LogP contribution < -0.4 is 9.47 Å². The maximum atomic E-state index is 12.6. The number of aromatic hydroxyl groups is 3. The molecule has 2 aliphatic rings. The quantitative estimate of drug-likeness (QED) is 0.303. The second kappa shape index (κ2) is 8.45. The van der Waals surface area contributed by atoms with Gasteiger partial charge < -0.3 is 50.0 Å². The third-order valence-electron chi connectivity index (χ3n) is 5.45. The van der Waals surface area contributed by atoms with Gasteiger partial charge >= 0.3 is 0 Å². The van der Waals surface area contributed by atoms with Gasteiger partial charge in [-0.15, -0.1) is 0 Å². The van der Waals surface area contributed by atoms with Gasteiger partial charge in [-0.2, -0.15) is 0 Å². The van der Waals surface area contributed by atoms with Crippen LogP contribution >= 0.6 is 0 Å². The lowest BCUT2D eigenvalue weighted by Crippen LogP contribution is -2.60. The first kappa shape index (κ1) is 22.1. The predicted molar refractivity (Wildman–Crippen MR) is 105 cm³/mol. The monoisotopic (exact) mass is 450 g/mol. The Bertz CT molecular complexity index is 1020. The van der Waals surface area contributed by atoms with Crippen LogP contribution in [0.2, 0.25) is 0 Å². The zero-order chi connectivity index (χ0) is 23.2. The highest BCUT2D eigenvalue weighted by atomic mass is 16.7. The molecule has 6 atom stereocenters. The Morgan fingerprint density at radius 2 is 1.69 bits per heavy atom. The molecule has 1 fully saturated rings. The molecule has 2 aliphatic heterocycles. The molecule has 0 aromatic heterocycles. The minimum Gasteiger partial charge on any atom is -0.507 e. The Labute approximate surface area is 181 Å². The smallest absolute Gasteiger partial charge is 0.229 e. The number of aliphatic hydroxyl groups is 4. The van der Waals surface area contributed by atoms with E-state index in [9.17, 15) is 40.5 Å². The summed E-state index contributed by atoms with van der Waals surface area (Å²) in [4.78, 5) is 12.6. The molecule has 11 heteroatoms. The molecule has 0 spiro atoms. The molecule has 11 nitrogen and oxygen atoms in total. The van der Waals surface area contributed by atoms with Crippen LogP contribution in [-0.2, 0) is 4.74 Å². The average Bonchev–Trinajstić information content (AvgIpc) is 2.75. The van der Waals surface area contributed by atoms with Crippen LogP contribution in [0, 0.1) is 0 Å². The van der Waals surface area contributed by atoms with Crippen LogP contribution in [-0.4, -0.2) is 78.8 Å². The van der Waals surface area contributed by atoms with E-state index < -0.39 is 54.9 Å². The van der Waals surface area contributed by atoms with E-state index in [2.05, 4.69) is 0 Å². The molecule has 2 aromatic rings. The number of ether oxygens (including phenoxy) is 3. The van der Waals surface area contributed by atoms with Crippen LogP contribution in [0.4, 0.5) is 0 Å². The minimum atomic E-state index is -1.67.